The largest absolute Gasteiger partial charge is 0.456 e. The highest BCUT2D eigenvalue weighted by Crippen LogP contribution is 2.50. The van der Waals surface area contributed by atoms with Gasteiger partial charge in [0.1, 0.15) is 11.2 Å². The lowest BCUT2D eigenvalue weighted by molar-refractivity contribution is 0.668. The quantitative estimate of drug-likeness (QED) is 0.215. The van der Waals surface area contributed by atoms with Crippen LogP contribution in [-0.2, 0) is 0 Å². The van der Waals surface area contributed by atoms with E-state index in [2.05, 4.69) is 138 Å². The zero-order chi connectivity index (χ0) is 28.3. The lowest BCUT2D eigenvalue weighted by Crippen LogP contribution is -1.98. The molecular formula is C41H25NO. The van der Waals surface area contributed by atoms with Gasteiger partial charge in [0.05, 0.1) is 0 Å². The number of pyridine rings is 1. The summed E-state index contributed by atoms with van der Waals surface area (Å²) in [6.07, 6.45) is 3.65. The number of rotatable bonds is 2. The Hall–Kier alpha value is -5.73. The zero-order valence-electron chi connectivity index (χ0n) is 23.3. The first-order chi connectivity index (χ1) is 21.3. The number of hydrogen-bond acceptors (Lipinski definition) is 2. The predicted octanol–water partition coefficient (Wildman–Crippen LogP) is 11.3. The molecule has 0 aliphatic heterocycles. The van der Waals surface area contributed by atoms with Crippen molar-refractivity contribution in [3.05, 3.63) is 152 Å². The molecule has 0 fully saturated rings. The summed E-state index contributed by atoms with van der Waals surface area (Å²) in [5.41, 5.74) is 16.6. The molecule has 0 unspecified atom stereocenters. The maximum Gasteiger partial charge on any atom is 0.138 e. The van der Waals surface area contributed by atoms with Gasteiger partial charge in [0.2, 0.25) is 0 Å². The summed E-state index contributed by atoms with van der Waals surface area (Å²) in [4.78, 5) is 4.31. The van der Waals surface area contributed by atoms with Crippen LogP contribution in [0.15, 0.2) is 156 Å². The van der Waals surface area contributed by atoms with Crippen LogP contribution in [0.25, 0.3) is 88.7 Å². The van der Waals surface area contributed by atoms with Crippen LogP contribution >= 0.6 is 0 Å². The minimum Gasteiger partial charge on any atom is -0.456 e. The van der Waals surface area contributed by atoms with Gasteiger partial charge in [-0.25, -0.2) is 0 Å². The topological polar surface area (TPSA) is 26.0 Å². The van der Waals surface area contributed by atoms with E-state index in [4.69, 9.17) is 4.42 Å². The Kier molecular flexibility index (Phi) is 5.23. The van der Waals surface area contributed by atoms with Crippen LogP contribution in [0.1, 0.15) is 0 Å². The molecule has 6 aromatic carbocycles. The SMILES string of the molecule is c1ccc2c(c1)-c1ccccc1-c1cccc(-c3ccc(-c4ccc5oc6ccncc6c5c4)cc3)c1-c1ccccc1-2. The van der Waals surface area contributed by atoms with Gasteiger partial charge in [-0.2, -0.15) is 0 Å². The molecule has 0 amide bonds. The van der Waals surface area contributed by atoms with Crippen molar-refractivity contribution >= 4 is 21.9 Å². The van der Waals surface area contributed by atoms with Crippen LogP contribution in [0.3, 0.4) is 0 Å². The van der Waals surface area contributed by atoms with Gasteiger partial charge in [-0.15, -0.1) is 0 Å². The number of furan rings is 1. The van der Waals surface area contributed by atoms with Crippen molar-refractivity contribution in [1.29, 1.82) is 0 Å². The first kappa shape index (κ1) is 23.9. The Morgan fingerprint density at radius 2 is 0.884 bits per heavy atom. The second kappa shape index (κ2) is 9.40. The maximum atomic E-state index is 6.03. The van der Waals surface area contributed by atoms with Crippen molar-refractivity contribution in [2.24, 2.45) is 0 Å². The standard InChI is InChI=1S/C41H25NO/c1-2-9-31-30(8-1)32-10-3-4-11-34(32)36-15-7-14-29(41(36)35-13-6-5-12-33(31)35)27-18-16-26(17-19-27)28-20-21-39-37(24-28)38-25-42-23-22-40(38)43-39/h1-25H. The minimum absolute atomic E-state index is 0.863. The molecule has 0 bridgehead atoms. The Labute approximate surface area is 249 Å². The average Bonchev–Trinajstić information content (AvgIpc) is 3.45. The average molecular weight is 548 g/mol. The van der Waals surface area contributed by atoms with Gasteiger partial charge in [-0.05, 0) is 85.0 Å². The third-order valence-corrected chi connectivity index (χ3v) is 8.79. The van der Waals surface area contributed by atoms with Gasteiger partial charge >= 0.3 is 0 Å². The van der Waals surface area contributed by atoms with E-state index in [0.717, 1.165) is 27.5 Å². The first-order valence-electron chi connectivity index (χ1n) is 14.6. The number of benzene rings is 6. The highest BCUT2D eigenvalue weighted by Gasteiger charge is 2.23. The highest BCUT2D eigenvalue weighted by atomic mass is 16.3. The van der Waals surface area contributed by atoms with E-state index >= 15 is 0 Å². The fourth-order valence-electron chi connectivity index (χ4n) is 6.79. The van der Waals surface area contributed by atoms with Crippen LogP contribution in [0.4, 0.5) is 0 Å². The van der Waals surface area contributed by atoms with Crippen LogP contribution in [0.5, 0.6) is 0 Å². The molecule has 0 radical (unpaired) electrons. The molecule has 200 valence electrons. The molecule has 1 aliphatic rings. The number of fused-ring (bicyclic) bond motifs is 11. The summed E-state index contributed by atoms with van der Waals surface area (Å²) in [6, 6.07) is 50.5. The van der Waals surface area contributed by atoms with Gasteiger partial charge < -0.3 is 4.42 Å². The molecule has 0 N–H and O–H groups in total. The summed E-state index contributed by atoms with van der Waals surface area (Å²) >= 11 is 0. The number of hydrogen-bond donors (Lipinski definition) is 0. The zero-order valence-corrected chi connectivity index (χ0v) is 23.3. The molecule has 2 aromatic heterocycles. The molecule has 0 saturated carbocycles. The predicted molar refractivity (Wildman–Crippen MR) is 178 cm³/mol. The molecule has 2 nitrogen and oxygen atoms in total. The Bertz CT molecular complexity index is 2340. The van der Waals surface area contributed by atoms with E-state index in [1.54, 1.807) is 6.20 Å². The third-order valence-electron chi connectivity index (χ3n) is 8.79. The highest BCUT2D eigenvalue weighted by molar-refractivity contribution is 6.08. The number of aromatic nitrogens is 1. The summed E-state index contributed by atoms with van der Waals surface area (Å²) in [7, 11) is 0. The van der Waals surface area contributed by atoms with Crippen LogP contribution in [0.2, 0.25) is 0 Å². The van der Waals surface area contributed by atoms with E-state index in [0.29, 0.717) is 0 Å². The van der Waals surface area contributed by atoms with Crippen molar-refractivity contribution in [2.45, 2.75) is 0 Å². The van der Waals surface area contributed by atoms with Crippen LogP contribution < -0.4 is 0 Å². The van der Waals surface area contributed by atoms with Gasteiger partial charge in [-0.1, -0.05) is 121 Å². The van der Waals surface area contributed by atoms with E-state index in [9.17, 15) is 0 Å². The Morgan fingerprint density at radius 3 is 1.58 bits per heavy atom. The maximum absolute atomic E-state index is 6.03. The summed E-state index contributed by atoms with van der Waals surface area (Å²) in [6.45, 7) is 0. The molecule has 0 spiro atoms. The van der Waals surface area contributed by atoms with Crippen LogP contribution in [0, 0.1) is 0 Å². The second-order valence-corrected chi connectivity index (χ2v) is 11.1. The van der Waals surface area contributed by atoms with E-state index in [1.807, 2.05) is 12.3 Å². The minimum atomic E-state index is 0.863. The molecule has 2 heteroatoms. The monoisotopic (exact) mass is 547 g/mol. The third kappa shape index (κ3) is 3.70. The van der Waals surface area contributed by atoms with E-state index < -0.39 is 0 Å². The number of nitrogens with zero attached hydrogens (tertiary/aromatic N) is 1. The summed E-state index contributed by atoms with van der Waals surface area (Å²) in [5.74, 6) is 0. The van der Waals surface area contributed by atoms with Crippen molar-refractivity contribution < 1.29 is 4.42 Å². The summed E-state index contributed by atoms with van der Waals surface area (Å²) in [5, 5.41) is 2.13. The molecule has 2 heterocycles. The van der Waals surface area contributed by atoms with Gasteiger partial charge in [-0.3, -0.25) is 4.98 Å². The van der Waals surface area contributed by atoms with Gasteiger partial charge in [0.25, 0.3) is 0 Å². The van der Waals surface area contributed by atoms with Crippen molar-refractivity contribution in [3.63, 3.8) is 0 Å². The Morgan fingerprint density at radius 1 is 0.372 bits per heavy atom. The Balaban J connectivity index is 1.23. The molecule has 8 aromatic rings. The van der Waals surface area contributed by atoms with Crippen LogP contribution in [-0.4, -0.2) is 4.98 Å². The van der Waals surface area contributed by atoms with E-state index in [1.165, 1.54) is 61.2 Å². The van der Waals surface area contributed by atoms with Gasteiger partial charge in [0.15, 0.2) is 0 Å². The first-order valence-corrected chi connectivity index (χ1v) is 14.6. The van der Waals surface area contributed by atoms with Gasteiger partial charge in [0, 0.05) is 23.2 Å². The molecular weight excluding hydrogens is 522 g/mol. The molecule has 43 heavy (non-hydrogen) atoms. The smallest absolute Gasteiger partial charge is 0.138 e. The second-order valence-electron chi connectivity index (χ2n) is 11.1. The van der Waals surface area contributed by atoms with E-state index in [-0.39, 0.29) is 0 Å². The fraction of sp³-hybridized carbons (Fsp3) is 0. The normalized spacial score (nSPS) is 11.7. The van der Waals surface area contributed by atoms with Crippen molar-refractivity contribution in [2.75, 3.05) is 0 Å². The van der Waals surface area contributed by atoms with Crippen molar-refractivity contribution in [3.8, 4) is 66.8 Å². The molecule has 0 atom stereocenters. The molecule has 9 rings (SSSR count). The lowest BCUT2D eigenvalue weighted by atomic mass is 9.78. The molecule has 0 saturated heterocycles. The van der Waals surface area contributed by atoms with Crippen molar-refractivity contribution in [1.82, 2.24) is 4.98 Å². The fourth-order valence-corrected chi connectivity index (χ4v) is 6.79. The lowest BCUT2D eigenvalue weighted by Gasteiger charge is -2.25. The molecule has 1 aliphatic carbocycles. The summed E-state index contributed by atoms with van der Waals surface area (Å²) < 4.78 is 6.03.